The van der Waals surface area contributed by atoms with Gasteiger partial charge in [0.2, 0.25) is 0 Å². The first-order valence-corrected chi connectivity index (χ1v) is 20.1. The number of anilines is 3. The molecular formula is C54H35NOS. The van der Waals surface area contributed by atoms with Crippen molar-refractivity contribution in [3.63, 3.8) is 0 Å². The molecule has 0 bridgehead atoms. The molecule has 11 rings (SSSR count). The number of hydrogen-bond acceptors (Lipinski definition) is 3. The van der Waals surface area contributed by atoms with Crippen LogP contribution in [0.15, 0.2) is 217 Å². The van der Waals surface area contributed by atoms with E-state index in [1.807, 2.05) is 23.5 Å². The third-order valence-corrected chi connectivity index (χ3v) is 12.3. The van der Waals surface area contributed by atoms with Crippen molar-refractivity contribution in [3.05, 3.63) is 212 Å². The number of fused-ring (bicyclic) bond motifs is 6. The van der Waals surface area contributed by atoms with Gasteiger partial charge in [-0.3, -0.25) is 0 Å². The molecule has 2 aromatic heterocycles. The summed E-state index contributed by atoms with van der Waals surface area (Å²) in [6, 6.07) is 76.6. The summed E-state index contributed by atoms with van der Waals surface area (Å²) in [5, 5.41) is 4.81. The highest BCUT2D eigenvalue weighted by Crippen LogP contribution is 2.49. The molecule has 0 N–H and O–H groups in total. The zero-order valence-corrected chi connectivity index (χ0v) is 31.8. The first-order valence-electron chi connectivity index (χ1n) is 19.3. The third kappa shape index (κ3) is 5.80. The van der Waals surface area contributed by atoms with Gasteiger partial charge in [0.1, 0.15) is 11.2 Å². The van der Waals surface area contributed by atoms with E-state index in [1.54, 1.807) is 0 Å². The van der Waals surface area contributed by atoms with Crippen LogP contribution in [-0.4, -0.2) is 0 Å². The van der Waals surface area contributed by atoms with E-state index in [0.717, 1.165) is 39.0 Å². The maximum absolute atomic E-state index is 6.33. The topological polar surface area (TPSA) is 16.4 Å². The summed E-state index contributed by atoms with van der Waals surface area (Å²) < 4.78 is 8.96. The predicted molar refractivity (Wildman–Crippen MR) is 243 cm³/mol. The molecule has 0 saturated heterocycles. The van der Waals surface area contributed by atoms with Gasteiger partial charge < -0.3 is 9.32 Å². The van der Waals surface area contributed by atoms with Crippen LogP contribution < -0.4 is 4.90 Å². The highest BCUT2D eigenvalue weighted by molar-refractivity contribution is 7.25. The van der Waals surface area contributed by atoms with E-state index in [-0.39, 0.29) is 0 Å². The Hall–Kier alpha value is -7.20. The molecule has 0 radical (unpaired) electrons. The largest absolute Gasteiger partial charge is 0.456 e. The lowest BCUT2D eigenvalue weighted by Gasteiger charge is -2.30. The van der Waals surface area contributed by atoms with E-state index >= 15 is 0 Å². The molecule has 0 fully saturated rings. The van der Waals surface area contributed by atoms with Crippen molar-refractivity contribution in [1.29, 1.82) is 0 Å². The Morgan fingerprint density at radius 1 is 0.333 bits per heavy atom. The molecule has 9 aromatic carbocycles. The molecule has 11 aromatic rings. The molecule has 0 aliphatic rings. The minimum atomic E-state index is 0.874. The van der Waals surface area contributed by atoms with Crippen LogP contribution in [0.3, 0.4) is 0 Å². The first kappa shape index (κ1) is 33.2. The van der Waals surface area contributed by atoms with Crippen LogP contribution >= 0.6 is 11.3 Å². The van der Waals surface area contributed by atoms with Gasteiger partial charge in [0.05, 0.1) is 5.69 Å². The maximum atomic E-state index is 6.33. The standard InChI is InChI=1S/C54H35NOS/c1-3-14-37(15-4-1)42-18-7-8-21-46(42)54-43(38-16-5-2-6-17-38)22-13-23-49(54)55(41-31-32-51-47(35-41)44-19-9-11-24-50(44)56-51)40-29-26-36(27-30-40)39-28-33-53-48(34-39)45-20-10-12-25-52(45)57-53/h1-35H. The number of rotatable bonds is 7. The van der Waals surface area contributed by atoms with Crippen LogP contribution in [0, 0.1) is 0 Å². The Bertz CT molecular complexity index is 3230. The summed E-state index contributed by atoms with van der Waals surface area (Å²) in [4.78, 5) is 2.42. The molecule has 0 spiro atoms. The van der Waals surface area contributed by atoms with Crippen LogP contribution in [0.5, 0.6) is 0 Å². The van der Waals surface area contributed by atoms with Crippen LogP contribution in [0.2, 0.25) is 0 Å². The van der Waals surface area contributed by atoms with E-state index in [0.29, 0.717) is 0 Å². The normalized spacial score (nSPS) is 11.5. The average molecular weight is 746 g/mol. The number of nitrogens with zero attached hydrogens (tertiary/aromatic N) is 1. The van der Waals surface area contributed by atoms with Crippen LogP contribution in [0.4, 0.5) is 17.1 Å². The molecule has 0 amide bonds. The van der Waals surface area contributed by atoms with Gasteiger partial charge in [-0.15, -0.1) is 11.3 Å². The number of benzene rings is 9. The molecule has 57 heavy (non-hydrogen) atoms. The molecule has 2 nitrogen and oxygen atoms in total. The zero-order valence-electron chi connectivity index (χ0n) is 31.0. The molecule has 268 valence electrons. The zero-order chi connectivity index (χ0) is 37.7. The van der Waals surface area contributed by atoms with Crippen LogP contribution in [-0.2, 0) is 0 Å². The summed E-state index contributed by atoms with van der Waals surface area (Å²) in [5.41, 5.74) is 14.4. The second kappa shape index (κ2) is 13.8. The van der Waals surface area contributed by atoms with Crippen molar-refractivity contribution >= 4 is 70.5 Å². The smallest absolute Gasteiger partial charge is 0.135 e. The number of hydrogen-bond donors (Lipinski definition) is 0. The fourth-order valence-corrected chi connectivity index (χ4v) is 9.51. The highest BCUT2D eigenvalue weighted by atomic mass is 32.1. The molecule has 0 aliphatic carbocycles. The van der Waals surface area contributed by atoms with Gasteiger partial charge in [-0.05, 0) is 99.6 Å². The van der Waals surface area contributed by atoms with Crippen LogP contribution in [0.1, 0.15) is 0 Å². The quantitative estimate of drug-likeness (QED) is 0.162. The van der Waals surface area contributed by atoms with Gasteiger partial charge in [0.25, 0.3) is 0 Å². The lowest BCUT2D eigenvalue weighted by Crippen LogP contribution is -2.12. The summed E-state index contributed by atoms with van der Waals surface area (Å²) >= 11 is 1.85. The average Bonchev–Trinajstić information content (AvgIpc) is 3.85. The molecule has 0 unspecified atom stereocenters. The van der Waals surface area contributed by atoms with E-state index in [9.17, 15) is 0 Å². The number of furan rings is 1. The molecule has 2 heterocycles. The predicted octanol–water partition coefficient (Wildman–Crippen LogP) is 16.1. The van der Waals surface area contributed by atoms with E-state index in [1.165, 1.54) is 64.7 Å². The van der Waals surface area contributed by atoms with Crippen molar-refractivity contribution < 1.29 is 4.42 Å². The van der Waals surface area contributed by atoms with Crippen molar-refractivity contribution in [2.45, 2.75) is 0 Å². The van der Waals surface area contributed by atoms with Gasteiger partial charge >= 0.3 is 0 Å². The van der Waals surface area contributed by atoms with Crippen LogP contribution in [0.25, 0.3) is 86.6 Å². The fraction of sp³-hybridized carbons (Fsp3) is 0. The monoisotopic (exact) mass is 745 g/mol. The Morgan fingerprint density at radius 2 is 0.930 bits per heavy atom. The summed E-state index contributed by atoms with van der Waals surface area (Å²) in [6.45, 7) is 0. The van der Waals surface area contributed by atoms with Gasteiger partial charge in [-0.2, -0.15) is 0 Å². The highest BCUT2D eigenvalue weighted by Gasteiger charge is 2.23. The maximum Gasteiger partial charge on any atom is 0.135 e. The number of para-hydroxylation sites is 1. The summed E-state index contributed by atoms with van der Waals surface area (Å²) in [5.74, 6) is 0. The molecule has 0 aliphatic heterocycles. The van der Waals surface area contributed by atoms with Gasteiger partial charge in [-0.25, -0.2) is 0 Å². The van der Waals surface area contributed by atoms with Crippen molar-refractivity contribution in [2.75, 3.05) is 4.90 Å². The van der Waals surface area contributed by atoms with Crippen molar-refractivity contribution in [2.24, 2.45) is 0 Å². The first-order chi connectivity index (χ1) is 28.3. The Kier molecular flexibility index (Phi) is 8.04. The Labute approximate surface area is 335 Å². The fourth-order valence-electron chi connectivity index (χ4n) is 8.43. The lowest BCUT2D eigenvalue weighted by atomic mass is 9.87. The Balaban J connectivity index is 1.15. The summed E-state index contributed by atoms with van der Waals surface area (Å²) in [7, 11) is 0. The number of thiophene rings is 1. The van der Waals surface area contributed by atoms with E-state index in [4.69, 9.17) is 4.42 Å². The SMILES string of the molecule is c1ccc(-c2ccccc2-c2c(-c3ccccc3)cccc2N(c2ccc(-c3ccc4sc5ccccc5c4c3)cc2)c2ccc3oc4ccccc4c3c2)cc1. The van der Waals surface area contributed by atoms with Gasteiger partial charge in [0.15, 0.2) is 0 Å². The second-order valence-electron chi connectivity index (χ2n) is 14.4. The second-order valence-corrected chi connectivity index (χ2v) is 15.5. The molecule has 0 saturated carbocycles. The molecular weight excluding hydrogens is 711 g/mol. The lowest BCUT2D eigenvalue weighted by molar-refractivity contribution is 0.669. The van der Waals surface area contributed by atoms with Gasteiger partial charge in [0, 0.05) is 47.9 Å². The third-order valence-electron chi connectivity index (χ3n) is 11.1. The van der Waals surface area contributed by atoms with E-state index in [2.05, 4.69) is 205 Å². The Morgan fingerprint density at radius 3 is 1.74 bits per heavy atom. The molecule has 3 heteroatoms. The van der Waals surface area contributed by atoms with Crippen molar-refractivity contribution in [3.8, 4) is 44.5 Å². The van der Waals surface area contributed by atoms with E-state index < -0.39 is 0 Å². The summed E-state index contributed by atoms with van der Waals surface area (Å²) in [6.07, 6.45) is 0. The minimum absolute atomic E-state index is 0.874. The minimum Gasteiger partial charge on any atom is -0.456 e. The van der Waals surface area contributed by atoms with Gasteiger partial charge in [-0.1, -0.05) is 152 Å². The molecule has 0 atom stereocenters. The van der Waals surface area contributed by atoms with Crippen molar-refractivity contribution in [1.82, 2.24) is 0 Å².